The lowest BCUT2D eigenvalue weighted by atomic mass is 10.1. The minimum Gasteiger partial charge on any atom is -0.381 e. The van der Waals surface area contributed by atoms with E-state index >= 15 is 0 Å². The average Bonchev–Trinajstić information content (AvgIpc) is 3.20. The Hall–Kier alpha value is -3.51. The molecule has 7 nitrogen and oxygen atoms in total. The molecule has 2 aliphatic rings. The fourth-order valence-electron chi connectivity index (χ4n) is 4.77. The topological polar surface area (TPSA) is 79.4 Å². The Balaban J connectivity index is 1.42. The van der Waals surface area contributed by atoms with Crippen molar-refractivity contribution >= 4 is 43.9 Å². The molecule has 2 aliphatic heterocycles. The van der Waals surface area contributed by atoms with Crippen molar-refractivity contribution in [2.24, 2.45) is 0 Å². The Labute approximate surface area is 207 Å². The molecule has 5 heterocycles. The number of hydrogen-bond acceptors (Lipinski definition) is 7. The molecule has 1 fully saturated rings. The summed E-state index contributed by atoms with van der Waals surface area (Å²) in [5.41, 5.74) is 5.12. The molecule has 8 heteroatoms. The quantitative estimate of drug-likeness (QED) is 0.431. The number of amides is 1. The summed E-state index contributed by atoms with van der Waals surface area (Å²) in [6, 6.07) is 12.3. The molecule has 0 bridgehead atoms. The molecule has 0 spiro atoms. The smallest absolute Gasteiger partial charge is 0.263 e. The van der Waals surface area contributed by atoms with Crippen LogP contribution in [0.25, 0.3) is 32.2 Å². The number of nitrogens with one attached hydrogen (secondary N) is 2. The Bertz CT molecular complexity index is 1500. The van der Waals surface area contributed by atoms with Gasteiger partial charge in [0.05, 0.1) is 35.8 Å². The summed E-state index contributed by atoms with van der Waals surface area (Å²) in [4.78, 5) is 25.4. The van der Waals surface area contributed by atoms with Gasteiger partial charge in [-0.3, -0.25) is 9.69 Å². The Morgan fingerprint density at radius 2 is 2.06 bits per heavy atom. The number of aromatic nitrogens is 2. The van der Waals surface area contributed by atoms with E-state index in [0.29, 0.717) is 12.2 Å². The van der Waals surface area contributed by atoms with E-state index in [1.807, 2.05) is 25.1 Å². The van der Waals surface area contributed by atoms with Crippen LogP contribution in [0.15, 0.2) is 36.4 Å². The van der Waals surface area contributed by atoms with E-state index in [0.717, 1.165) is 81.4 Å². The molecule has 1 atom stereocenters. The predicted molar refractivity (Wildman–Crippen MR) is 140 cm³/mol. The number of anilines is 1. The summed E-state index contributed by atoms with van der Waals surface area (Å²) in [7, 11) is 0. The van der Waals surface area contributed by atoms with Gasteiger partial charge in [0, 0.05) is 53.3 Å². The first kappa shape index (κ1) is 22.0. The normalized spacial score (nSPS) is 18.5. The van der Waals surface area contributed by atoms with E-state index in [1.54, 1.807) is 0 Å². The van der Waals surface area contributed by atoms with E-state index in [9.17, 15) is 4.79 Å². The zero-order valence-electron chi connectivity index (χ0n) is 19.4. The predicted octanol–water partition coefficient (Wildman–Crippen LogP) is 3.87. The monoisotopic (exact) mass is 483 g/mol. The van der Waals surface area contributed by atoms with Gasteiger partial charge in [-0.05, 0) is 43.3 Å². The van der Waals surface area contributed by atoms with Crippen molar-refractivity contribution in [2.75, 3.05) is 38.2 Å². The highest BCUT2D eigenvalue weighted by molar-refractivity contribution is 7.21. The maximum atomic E-state index is 12.7. The maximum Gasteiger partial charge on any atom is 0.263 e. The first-order valence-corrected chi connectivity index (χ1v) is 12.6. The van der Waals surface area contributed by atoms with E-state index in [2.05, 4.69) is 44.6 Å². The van der Waals surface area contributed by atoms with Gasteiger partial charge in [-0.15, -0.1) is 17.8 Å². The zero-order valence-corrected chi connectivity index (χ0v) is 20.2. The standard InChI is InChI=1S/C27H25N5O2S/c1-3-18-12-17(13-19(30-18)15-32-8-10-34-11-9-32)21-5-4-20-22(31-21)6-7-23-24(20)25-26(35-23)27(33)29-16(2)14-28-25/h1,4-7,12-13,16,28H,8-11,14-15H2,2H3,(H,29,33)/t16-/m1/s1. The van der Waals surface area contributed by atoms with Crippen molar-refractivity contribution in [1.29, 1.82) is 0 Å². The Morgan fingerprint density at radius 3 is 2.89 bits per heavy atom. The maximum absolute atomic E-state index is 12.7. The summed E-state index contributed by atoms with van der Waals surface area (Å²) < 4.78 is 6.53. The van der Waals surface area contributed by atoms with E-state index in [1.165, 1.54) is 11.3 Å². The highest BCUT2D eigenvalue weighted by Gasteiger charge is 2.25. The molecule has 1 saturated heterocycles. The van der Waals surface area contributed by atoms with Crippen LogP contribution >= 0.6 is 11.3 Å². The van der Waals surface area contributed by atoms with Crippen LogP contribution in [0.5, 0.6) is 0 Å². The minimum absolute atomic E-state index is 0.0252. The van der Waals surface area contributed by atoms with Crippen molar-refractivity contribution in [2.45, 2.75) is 19.5 Å². The second-order valence-corrected chi connectivity index (χ2v) is 10.1. The van der Waals surface area contributed by atoms with Crippen LogP contribution in [0.3, 0.4) is 0 Å². The van der Waals surface area contributed by atoms with Gasteiger partial charge in [0.2, 0.25) is 0 Å². The van der Waals surface area contributed by atoms with Crippen LogP contribution in [0.2, 0.25) is 0 Å². The molecule has 3 aromatic heterocycles. The van der Waals surface area contributed by atoms with E-state index < -0.39 is 0 Å². The molecule has 2 N–H and O–H groups in total. The third kappa shape index (κ3) is 4.12. The van der Waals surface area contributed by atoms with Gasteiger partial charge < -0.3 is 15.4 Å². The average molecular weight is 484 g/mol. The summed E-state index contributed by atoms with van der Waals surface area (Å²) in [5.74, 6) is 2.67. The molecule has 0 radical (unpaired) electrons. The van der Waals surface area contributed by atoms with Gasteiger partial charge in [0.15, 0.2) is 0 Å². The molecule has 1 amide bonds. The first-order valence-electron chi connectivity index (χ1n) is 11.8. The molecule has 0 aliphatic carbocycles. The number of carbonyl (C=O) groups excluding carboxylic acids is 1. The SMILES string of the molecule is C#Cc1cc(-c2ccc3c(ccc4sc5c(c43)NC[C@@H](C)NC5=O)n2)cc(CN2CCOCC2)n1. The zero-order chi connectivity index (χ0) is 23.9. The van der Waals surface area contributed by atoms with Crippen molar-refractivity contribution in [3.63, 3.8) is 0 Å². The van der Waals surface area contributed by atoms with Crippen molar-refractivity contribution in [3.8, 4) is 23.6 Å². The third-order valence-corrected chi connectivity index (χ3v) is 7.66. The molecule has 0 saturated carbocycles. The summed E-state index contributed by atoms with van der Waals surface area (Å²) >= 11 is 1.52. The summed E-state index contributed by atoms with van der Waals surface area (Å²) in [6.45, 7) is 6.67. The molecule has 1 aromatic carbocycles. The summed E-state index contributed by atoms with van der Waals surface area (Å²) in [5, 5.41) is 8.61. The van der Waals surface area contributed by atoms with Crippen LogP contribution in [0.1, 0.15) is 28.0 Å². The number of pyridine rings is 2. The lowest BCUT2D eigenvalue weighted by molar-refractivity contribution is 0.0336. The fourth-order valence-corrected chi connectivity index (χ4v) is 5.86. The number of ether oxygens (including phenoxy) is 1. The van der Waals surface area contributed by atoms with Gasteiger partial charge >= 0.3 is 0 Å². The van der Waals surface area contributed by atoms with Crippen LogP contribution in [-0.2, 0) is 11.3 Å². The first-order chi connectivity index (χ1) is 17.1. The second kappa shape index (κ2) is 8.93. The number of benzene rings is 1. The molecule has 0 unspecified atom stereocenters. The van der Waals surface area contributed by atoms with Crippen LogP contribution in [0, 0.1) is 12.3 Å². The van der Waals surface area contributed by atoms with Crippen LogP contribution in [-0.4, -0.2) is 59.7 Å². The molecule has 176 valence electrons. The van der Waals surface area contributed by atoms with Gasteiger partial charge in [-0.25, -0.2) is 9.97 Å². The Morgan fingerprint density at radius 1 is 1.20 bits per heavy atom. The molecule has 35 heavy (non-hydrogen) atoms. The molecular weight excluding hydrogens is 458 g/mol. The number of thiophene rings is 1. The van der Waals surface area contributed by atoms with Crippen molar-refractivity contribution in [1.82, 2.24) is 20.2 Å². The number of fused-ring (bicyclic) bond motifs is 5. The van der Waals surface area contributed by atoms with Gasteiger partial charge in [-0.2, -0.15) is 0 Å². The highest BCUT2D eigenvalue weighted by Crippen LogP contribution is 2.41. The fraction of sp³-hybridized carbons (Fsp3) is 0.296. The third-order valence-electron chi connectivity index (χ3n) is 6.50. The van der Waals surface area contributed by atoms with Crippen LogP contribution < -0.4 is 10.6 Å². The number of carbonyl (C=O) groups is 1. The minimum atomic E-state index is -0.0252. The van der Waals surface area contributed by atoms with Gasteiger partial charge in [-0.1, -0.05) is 5.92 Å². The van der Waals surface area contributed by atoms with Crippen LogP contribution in [0.4, 0.5) is 5.69 Å². The van der Waals surface area contributed by atoms with Crippen molar-refractivity contribution in [3.05, 3.63) is 52.7 Å². The number of rotatable bonds is 3. The van der Waals surface area contributed by atoms with Crippen molar-refractivity contribution < 1.29 is 9.53 Å². The van der Waals surface area contributed by atoms with Gasteiger partial charge in [0.25, 0.3) is 5.91 Å². The lowest BCUT2D eigenvalue weighted by Crippen LogP contribution is -2.35. The van der Waals surface area contributed by atoms with E-state index in [-0.39, 0.29) is 11.9 Å². The highest BCUT2D eigenvalue weighted by atomic mass is 32.1. The van der Waals surface area contributed by atoms with Gasteiger partial charge in [0.1, 0.15) is 10.6 Å². The number of morpholine rings is 1. The largest absolute Gasteiger partial charge is 0.381 e. The molecule has 6 rings (SSSR count). The number of terminal acetylenes is 1. The lowest BCUT2D eigenvalue weighted by Gasteiger charge is -2.26. The number of hydrogen-bond donors (Lipinski definition) is 2. The Kier molecular flexibility index (Phi) is 5.61. The molecule has 4 aromatic rings. The molecular formula is C27H25N5O2S. The van der Waals surface area contributed by atoms with E-state index in [4.69, 9.17) is 16.1 Å². The summed E-state index contributed by atoms with van der Waals surface area (Å²) in [6.07, 6.45) is 5.73. The number of nitrogens with zero attached hydrogens (tertiary/aromatic N) is 3. The second-order valence-electron chi connectivity index (χ2n) is 9.03.